The normalized spacial score (nSPS) is 21.8. The van der Waals surface area contributed by atoms with Crippen LogP contribution >= 0.6 is 15.9 Å². The van der Waals surface area contributed by atoms with Crippen LogP contribution in [0.2, 0.25) is 0 Å². The van der Waals surface area contributed by atoms with Crippen molar-refractivity contribution >= 4 is 21.8 Å². The zero-order valence-corrected chi connectivity index (χ0v) is 15.4. The van der Waals surface area contributed by atoms with Gasteiger partial charge in [0, 0.05) is 22.1 Å². The lowest BCUT2D eigenvalue weighted by Gasteiger charge is -2.48. The van der Waals surface area contributed by atoms with Crippen molar-refractivity contribution in [3.63, 3.8) is 0 Å². The lowest BCUT2D eigenvalue weighted by Crippen LogP contribution is -2.58. The molecule has 1 aromatic carbocycles. The predicted molar refractivity (Wildman–Crippen MR) is 97.7 cm³/mol. The molecule has 1 aliphatic heterocycles. The summed E-state index contributed by atoms with van der Waals surface area (Å²) in [6, 6.07) is 7.62. The van der Waals surface area contributed by atoms with Gasteiger partial charge in [-0.1, -0.05) is 41.6 Å². The number of hydrogen-bond acceptors (Lipinski definition) is 2. The average Bonchev–Trinajstić information content (AvgIpc) is 2.62. The fourth-order valence-corrected chi connectivity index (χ4v) is 4.40. The molecule has 3 nitrogen and oxygen atoms in total. The summed E-state index contributed by atoms with van der Waals surface area (Å²) in [5.74, 6) is 0.0551. The van der Waals surface area contributed by atoms with E-state index in [1.54, 1.807) is 0 Å². The molecular weight excluding hydrogens is 352 g/mol. The lowest BCUT2D eigenvalue weighted by molar-refractivity contribution is 0.0326. The van der Waals surface area contributed by atoms with E-state index in [0.717, 1.165) is 16.6 Å². The third kappa shape index (κ3) is 4.16. The number of halogens is 1. The van der Waals surface area contributed by atoms with Crippen LogP contribution in [-0.4, -0.2) is 36.0 Å². The quantitative estimate of drug-likeness (QED) is 0.843. The summed E-state index contributed by atoms with van der Waals surface area (Å²) in [5, 5.41) is 3.23. The van der Waals surface area contributed by atoms with Gasteiger partial charge in [0.15, 0.2) is 0 Å². The molecule has 4 heteroatoms. The van der Waals surface area contributed by atoms with E-state index in [-0.39, 0.29) is 11.4 Å². The van der Waals surface area contributed by atoms with Gasteiger partial charge in [-0.25, -0.2) is 0 Å². The van der Waals surface area contributed by atoms with Crippen molar-refractivity contribution in [2.75, 3.05) is 19.6 Å². The smallest absolute Gasteiger partial charge is 0.251 e. The first-order valence-corrected chi connectivity index (χ1v) is 9.78. The van der Waals surface area contributed by atoms with Crippen molar-refractivity contribution < 1.29 is 4.79 Å². The molecule has 1 saturated carbocycles. The molecule has 1 N–H and O–H groups in total. The van der Waals surface area contributed by atoms with Gasteiger partial charge in [0.1, 0.15) is 0 Å². The summed E-state index contributed by atoms with van der Waals surface area (Å²) in [6.07, 6.45) is 10.4. The third-order valence-electron chi connectivity index (χ3n) is 5.50. The number of hydrogen-bond donors (Lipinski definition) is 1. The Hall–Kier alpha value is -0.870. The molecule has 23 heavy (non-hydrogen) atoms. The van der Waals surface area contributed by atoms with Crippen LogP contribution in [0.5, 0.6) is 0 Å². The Kier molecular flexibility index (Phi) is 5.76. The van der Waals surface area contributed by atoms with E-state index in [1.165, 1.54) is 64.5 Å². The zero-order valence-electron chi connectivity index (χ0n) is 13.8. The number of nitrogens with one attached hydrogen (secondary N) is 1. The molecule has 126 valence electrons. The highest BCUT2D eigenvalue weighted by atomic mass is 79.9. The molecule has 0 spiro atoms. The van der Waals surface area contributed by atoms with Gasteiger partial charge in [-0.3, -0.25) is 9.69 Å². The Balaban J connectivity index is 1.66. The molecule has 2 fully saturated rings. The number of nitrogens with zero attached hydrogens (tertiary/aromatic N) is 1. The van der Waals surface area contributed by atoms with Crippen molar-refractivity contribution in [2.45, 2.75) is 56.9 Å². The third-order valence-corrected chi connectivity index (χ3v) is 6.02. The first-order valence-electron chi connectivity index (χ1n) is 8.98. The monoisotopic (exact) mass is 378 g/mol. The number of likely N-dealkylation sites (tertiary alicyclic amines) is 1. The highest BCUT2D eigenvalue weighted by Crippen LogP contribution is 2.35. The van der Waals surface area contributed by atoms with Gasteiger partial charge < -0.3 is 5.32 Å². The Labute approximate surface area is 148 Å². The molecule has 3 rings (SSSR count). The lowest BCUT2D eigenvalue weighted by atomic mass is 9.79. The van der Waals surface area contributed by atoms with Crippen LogP contribution in [-0.2, 0) is 0 Å². The molecule has 1 amide bonds. The molecule has 2 aliphatic rings. The van der Waals surface area contributed by atoms with Crippen molar-refractivity contribution in [1.29, 1.82) is 0 Å². The standard InChI is InChI=1S/C19H27BrN2O/c20-17-9-7-16(8-10-17)18(23)21-15-19(11-3-1-4-12-19)22-13-5-2-6-14-22/h7-10H,1-6,11-15H2,(H,21,23). The second-order valence-corrected chi connectivity index (χ2v) is 7.94. The first-order chi connectivity index (χ1) is 11.2. The maximum absolute atomic E-state index is 12.5. The second kappa shape index (κ2) is 7.80. The Bertz CT molecular complexity index is 517. The fourth-order valence-electron chi connectivity index (χ4n) is 4.13. The van der Waals surface area contributed by atoms with Crippen molar-refractivity contribution in [3.05, 3.63) is 34.3 Å². The number of carbonyl (C=O) groups is 1. The zero-order chi connectivity index (χ0) is 16.1. The summed E-state index contributed by atoms with van der Waals surface area (Å²) >= 11 is 3.42. The van der Waals surface area contributed by atoms with Gasteiger partial charge in [0.2, 0.25) is 0 Å². The van der Waals surface area contributed by atoms with E-state index in [9.17, 15) is 4.79 Å². The SMILES string of the molecule is O=C(NCC1(N2CCCCC2)CCCCC1)c1ccc(Br)cc1. The Morgan fingerprint density at radius 2 is 1.61 bits per heavy atom. The molecule has 0 bridgehead atoms. The molecule has 0 atom stereocenters. The van der Waals surface area contributed by atoms with Crippen LogP contribution in [0.25, 0.3) is 0 Å². The van der Waals surface area contributed by atoms with Gasteiger partial charge in [-0.05, 0) is 63.0 Å². The van der Waals surface area contributed by atoms with Crippen LogP contribution in [0.3, 0.4) is 0 Å². The summed E-state index contributed by atoms with van der Waals surface area (Å²) in [6.45, 7) is 3.20. The first kappa shape index (κ1) is 17.0. The van der Waals surface area contributed by atoms with Gasteiger partial charge in [0.25, 0.3) is 5.91 Å². The molecule has 1 heterocycles. The topological polar surface area (TPSA) is 32.3 Å². The fraction of sp³-hybridized carbons (Fsp3) is 0.632. The summed E-state index contributed by atoms with van der Waals surface area (Å²) in [7, 11) is 0. The number of piperidine rings is 1. The van der Waals surface area contributed by atoms with E-state index in [4.69, 9.17) is 0 Å². The van der Waals surface area contributed by atoms with Crippen LogP contribution in [0.1, 0.15) is 61.7 Å². The number of amides is 1. The van der Waals surface area contributed by atoms with Crippen LogP contribution in [0.4, 0.5) is 0 Å². The minimum absolute atomic E-state index is 0.0551. The van der Waals surface area contributed by atoms with E-state index in [0.29, 0.717) is 0 Å². The molecule has 1 aromatic rings. The van der Waals surface area contributed by atoms with Gasteiger partial charge in [-0.2, -0.15) is 0 Å². The Morgan fingerprint density at radius 1 is 1.00 bits per heavy atom. The summed E-state index contributed by atoms with van der Waals surface area (Å²) in [4.78, 5) is 15.2. The molecule has 0 unspecified atom stereocenters. The molecular formula is C19H27BrN2O. The number of benzene rings is 1. The summed E-state index contributed by atoms with van der Waals surface area (Å²) in [5.41, 5.74) is 0.946. The van der Waals surface area contributed by atoms with Crippen LogP contribution < -0.4 is 5.32 Å². The number of rotatable bonds is 4. The highest BCUT2D eigenvalue weighted by Gasteiger charge is 2.38. The van der Waals surface area contributed by atoms with E-state index in [1.807, 2.05) is 24.3 Å². The minimum atomic E-state index is 0.0551. The van der Waals surface area contributed by atoms with Gasteiger partial charge >= 0.3 is 0 Å². The van der Waals surface area contributed by atoms with Crippen molar-refractivity contribution in [3.8, 4) is 0 Å². The maximum Gasteiger partial charge on any atom is 0.251 e. The largest absolute Gasteiger partial charge is 0.350 e. The minimum Gasteiger partial charge on any atom is -0.350 e. The van der Waals surface area contributed by atoms with Crippen molar-refractivity contribution in [1.82, 2.24) is 10.2 Å². The predicted octanol–water partition coefficient (Wildman–Crippen LogP) is 4.37. The Morgan fingerprint density at radius 3 is 2.26 bits per heavy atom. The molecule has 0 aromatic heterocycles. The second-order valence-electron chi connectivity index (χ2n) is 7.02. The average molecular weight is 379 g/mol. The van der Waals surface area contributed by atoms with Crippen molar-refractivity contribution in [2.24, 2.45) is 0 Å². The molecule has 0 radical (unpaired) electrons. The number of carbonyl (C=O) groups excluding carboxylic acids is 1. The van der Waals surface area contributed by atoms with Gasteiger partial charge in [0.05, 0.1) is 0 Å². The maximum atomic E-state index is 12.5. The van der Waals surface area contributed by atoms with E-state index >= 15 is 0 Å². The van der Waals surface area contributed by atoms with Gasteiger partial charge in [-0.15, -0.1) is 0 Å². The van der Waals surface area contributed by atoms with E-state index in [2.05, 4.69) is 26.1 Å². The summed E-state index contributed by atoms with van der Waals surface area (Å²) < 4.78 is 1.01. The highest BCUT2D eigenvalue weighted by molar-refractivity contribution is 9.10. The van der Waals surface area contributed by atoms with E-state index < -0.39 is 0 Å². The van der Waals surface area contributed by atoms with Crippen LogP contribution in [0, 0.1) is 0 Å². The molecule has 1 aliphatic carbocycles. The van der Waals surface area contributed by atoms with Crippen LogP contribution in [0.15, 0.2) is 28.7 Å². The molecule has 1 saturated heterocycles.